The lowest BCUT2D eigenvalue weighted by Gasteiger charge is -2.42. The maximum absolute atomic E-state index is 12.8. The predicted octanol–water partition coefficient (Wildman–Crippen LogP) is 6.09. The Morgan fingerprint density at radius 2 is 1.88 bits per heavy atom. The van der Waals surface area contributed by atoms with Gasteiger partial charge in [-0.15, -0.1) is 0 Å². The summed E-state index contributed by atoms with van der Waals surface area (Å²) in [5.41, 5.74) is 0.664. The molecule has 0 N–H and O–H groups in total. The molecule has 1 amide bonds. The summed E-state index contributed by atoms with van der Waals surface area (Å²) in [7, 11) is 0. The predicted molar refractivity (Wildman–Crippen MR) is 104 cm³/mol. The first-order valence-corrected chi connectivity index (χ1v) is 9.96. The van der Waals surface area contributed by atoms with Gasteiger partial charge in [-0.05, 0) is 67.8 Å². The Balaban J connectivity index is 2.02. The van der Waals surface area contributed by atoms with E-state index < -0.39 is 5.60 Å². The van der Waals surface area contributed by atoms with Crippen molar-refractivity contribution in [1.29, 1.82) is 0 Å². The van der Waals surface area contributed by atoms with E-state index in [1.807, 2.05) is 20.8 Å². The molecule has 4 nitrogen and oxygen atoms in total. The van der Waals surface area contributed by atoms with Gasteiger partial charge in [0, 0.05) is 23.7 Å². The van der Waals surface area contributed by atoms with E-state index >= 15 is 0 Å². The van der Waals surface area contributed by atoms with Crippen molar-refractivity contribution in [2.24, 2.45) is 5.41 Å². The number of rotatable bonds is 0. The molecule has 2 heterocycles. The molecule has 2 aliphatic rings. The summed E-state index contributed by atoms with van der Waals surface area (Å²) in [5.74, 6) is 0.655. The number of carbonyl (C=O) groups is 1. The van der Waals surface area contributed by atoms with Crippen molar-refractivity contribution in [2.75, 3.05) is 11.4 Å². The van der Waals surface area contributed by atoms with E-state index in [2.05, 4.69) is 34.8 Å². The van der Waals surface area contributed by atoms with Crippen LogP contribution in [0.1, 0.15) is 65.9 Å². The highest BCUT2D eigenvalue weighted by Gasteiger charge is 2.51. The molecule has 1 spiro atoms. The Hall–Kier alpha value is -0.810. The third-order valence-corrected chi connectivity index (χ3v) is 6.60. The van der Waals surface area contributed by atoms with Crippen molar-refractivity contribution in [3.63, 3.8) is 0 Å². The second-order valence-corrected chi connectivity index (χ2v) is 10.4. The summed E-state index contributed by atoms with van der Waals surface area (Å²) in [6, 6.07) is 0. The zero-order valence-corrected chi connectivity index (χ0v) is 17.9. The van der Waals surface area contributed by atoms with Crippen LogP contribution in [0.3, 0.4) is 0 Å². The van der Waals surface area contributed by atoms with Gasteiger partial charge in [0.1, 0.15) is 11.4 Å². The molecule has 0 saturated heterocycles. The van der Waals surface area contributed by atoms with Gasteiger partial charge in [0.05, 0.1) is 9.50 Å². The van der Waals surface area contributed by atoms with Crippen LogP contribution in [0.25, 0.3) is 0 Å². The molecule has 0 radical (unpaired) electrons. The normalized spacial score (nSPS) is 21.3. The number of anilines is 1. The number of nitrogens with zero attached hydrogens (tertiary/aromatic N) is 2. The average Bonchev–Trinajstić information content (AvgIpc) is 2.80. The molecule has 138 valence electrons. The van der Waals surface area contributed by atoms with Crippen molar-refractivity contribution >= 4 is 39.4 Å². The van der Waals surface area contributed by atoms with Crippen molar-refractivity contribution in [1.82, 2.24) is 4.98 Å². The number of hydrogen-bond donors (Lipinski definition) is 0. The molecule has 1 aliphatic heterocycles. The number of halogens is 2. The summed E-state index contributed by atoms with van der Waals surface area (Å²) < 4.78 is 6.40. The van der Waals surface area contributed by atoms with Crippen LogP contribution in [0.4, 0.5) is 10.6 Å². The quantitative estimate of drug-likeness (QED) is 0.501. The number of hydrogen-bond acceptors (Lipinski definition) is 3. The van der Waals surface area contributed by atoms with E-state index in [0.29, 0.717) is 22.8 Å². The maximum atomic E-state index is 12.8. The number of aromatic nitrogens is 1. The Kier molecular flexibility index (Phi) is 4.64. The van der Waals surface area contributed by atoms with Crippen LogP contribution in [0.5, 0.6) is 0 Å². The molecule has 1 aromatic heterocycles. The maximum Gasteiger partial charge on any atom is 0.416 e. The van der Waals surface area contributed by atoms with Crippen molar-refractivity contribution in [3.05, 3.63) is 21.3 Å². The van der Waals surface area contributed by atoms with Crippen LogP contribution in [-0.4, -0.2) is 23.2 Å². The van der Waals surface area contributed by atoms with Gasteiger partial charge in [-0.2, -0.15) is 0 Å². The van der Waals surface area contributed by atoms with Crippen LogP contribution < -0.4 is 4.90 Å². The van der Waals surface area contributed by atoms with Gasteiger partial charge >= 0.3 is 6.09 Å². The molecule has 1 aromatic rings. The van der Waals surface area contributed by atoms with Gasteiger partial charge < -0.3 is 4.74 Å². The second kappa shape index (κ2) is 6.12. The molecule has 0 aromatic carbocycles. The average molecular weight is 430 g/mol. The Labute approximate surface area is 163 Å². The topological polar surface area (TPSA) is 42.4 Å². The van der Waals surface area contributed by atoms with Gasteiger partial charge in [-0.25, -0.2) is 9.78 Å². The zero-order chi connectivity index (χ0) is 18.6. The van der Waals surface area contributed by atoms with Crippen LogP contribution in [0.2, 0.25) is 5.02 Å². The molecule has 0 unspecified atom stereocenters. The fourth-order valence-corrected chi connectivity index (χ4v) is 4.50. The molecule has 1 saturated carbocycles. The molecule has 1 aliphatic carbocycles. The molecular weight excluding hydrogens is 404 g/mol. The highest BCUT2D eigenvalue weighted by atomic mass is 79.9. The first-order valence-electron chi connectivity index (χ1n) is 8.79. The molecular formula is C19H26BrClN2O2. The summed E-state index contributed by atoms with van der Waals surface area (Å²) in [6.45, 7) is 10.8. The highest BCUT2D eigenvalue weighted by molar-refractivity contribution is 9.10. The SMILES string of the molecule is CC1(C)CCC2(CC1)CN(C(=O)OC(C)(C)C)c1ncc(Br)c(Cl)c12. The van der Waals surface area contributed by atoms with Gasteiger partial charge in [0.25, 0.3) is 0 Å². The molecule has 1 fully saturated rings. The van der Waals surface area contributed by atoms with Gasteiger partial charge in [0.15, 0.2) is 0 Å². The molecule has 0 bridgehead atoms. The summed E-state index contributed by atoms with van der Waals surface area (Å²) in [6.07, 6.45) is 5.55. The van der Waals surface area contributed by atoms with Crippen molar-refractivity contribution in [2.45, 2.75) is 71.3 Å². The Bertz CT molecular complexity index is 702. The second-order valence-electron chi connectivity index (χ2n) is 9.13. The lowest BCUT2D eigenvalue weighted by Crippen LogP contribution is -2.42. The number of ether oxygens (including phenoxy) is 1. The standard InChI is InChI=1S/C19H26BrClN2O2/c1-17(2,3)25-16(24)23-11-19(8-6-18(4,5)7-9-19)13-14(21)12(20)10-22-15(13)23/h10H,6-9,11H2,1-5H3. The third kappa shape index (κ3) is 3.55. The Morgan fingerprint density at radius 3 is 2.44 bits per heavy atom. The first-order chi connectivity index (χ1) is 11.4. The van der Waals surface area contributed by atoms with Crippen molar-refractivity contribution < 1.29 is 9.53 Å². The molecule has 25 heavy (non-hydrogen) atoms. The smallest absolute Gasteiger partial charge is 0.416 e. The monoisotopic (exact) mass is 428 g/mol. The van der Waals surface area contributed by atoms with E-state index in [1.54, 1.807) is 11.1 Å². The minimum absolute atomic E-state index is 0.129. The van der Waals surface area contributed by atoms with Gasteiger partial charge in [-0.1, -0.05) is 25.4 Å². The van der Waals surface area contributed by atoms with Gasteiger partial charge in [-0.3, -0.25) is 4.90 Å². The van der Waals surface area contributed by atoms with E-state index in [4.69, 9.17) is 16.3 Å². The molecule has 0 atom stereocenters. The van der Waals surface area contributed by atoms with Crippen LogP contribution in [0, 0.1) is 5.41 Å². The largest absolute Gasteiger partial charge is 0.443 e. The lowest BCUT2D eigenvalue weighted by atomic mass is 9.63. The van der Waals surface area contributed by atoms with Crippen LogP contribution >= 0.6 is 27.5 Å². The number of fused-ring (bicyclic) bond motifs is 2. The minimum atomic E-state index is -0.541. The first kappa shape index (κ1) is 19.0. The lowest BCUT2D eigenvalue weighted by molar-refractivity contribution is 0.0570. The zero-order valence-electron chi connectivity index (χ0n) is 15.6. The molecule has 3 rings (SSSR count). The van der Waals surface area contributed by atoms with Crippen molar-refractivity contribution in [3.8, 4) is 0 Å². The minimum Gasteiger partial charge on any atom is -0.443 e. The van der Waals surface area contributed by atoms with E-state index in [1.165, 1.54) is 0 Å². The van der Waals surface area contributed by atoms with Crippen LogP contribution in [-0.2, 0) is 10.2 Å². The number of carbonyl (C=O) groups excluding carboxylic acids is 1. The summed E-state index contributed by atoms with van der Waals surface area (Å²) in [4.78, 5) is 19.0. The summed E-state index contributed by atoms with van der Waals surface area (Å²) in [5, 5.41) is 0.677. The Morgan fingerprint density at radius 1 is 1.28 bits per heavy atom. The highest BCUT2D eigenvalue weighted by Crippen LogP contribution is 2.55. The van der Waals surface area contributed by atoms with Gasteiger partial charge in [0.2, 0.25) is 0 Å². The van der Waals surface area contributed by atoms with E-state index in [-0.39, 0.29) is 11.5 Å². The fraction of sp³-hybridized carbons (Fsp3) is 0.684. The fourth-order valence-electron chi connectivity index (χ4n) is 3.87. The summed E-state index contributed by atoms with van der Waals surface area (Å²) >= 11 is 10.2. The number of amides is 1. The van der Waals surface area contributed by atoms with Crippen LogP contribution in [0.15, 0.2) is 10.7 Å². The van der Waals surface area contributed by atoms with E-state index in [9.17, 15) is 4.79 Å². The third-order valence-electron chi connectivity index (χ3n) is 5.37. The van der Waals surface area contributed by atoms with E-state index in [0.717, 1.165) is 35.7 Å². The number of pyridine rings is 1. The molecule has 6 heteroatoms.